The first-order valence-electron chi connectivity index (χ1n) is 15.0. The Hall–Kier alpha value is -2.38. The summed E-state index contributed by atoms with van der Waals surface area (Å²) in [6, 6.07) is 0.258. The Kier molecular flexibility index (Phi) is 9.19. The van der Waals surface area contributed by atoms with Crippen molar-refractivity contribution in [2.24, 2.45) is 23.7 Å². The SMILES string of the molecule is CCc1c(C)nn(CC(=O)N2C[C@@H]3C[C@@H](C2)[C@@H]2CCCC(=O)N[C@H](C(C)C)CC[C@@H](C)CC(=O)N2C3)c1C. The number of likely N-dealkylation sites (tertiary alicyclic amines) is 1. The van der Waals surface area contributed by atoms with E-state index in [-0.39, 0.29) is 48.2 Å². The second-order valence-electron chi connectivity index (χ2n) is 12.6. The number of amides is 3. The van der Waals surface area contributed by atoms with Crippen molar-refractivity contribution in [3.63, 3.8) is 0 Å². The third-order valence-corrected chi connectivity index (χ3v) is 9.36. The Labute approximate surface area is 228 Å². The summed E-state index contributed by atoms with van der Waals surface area (Å²) >= 11 is 0. The van der Waals surface area contributed by atoms with Crippen molar-refractivity contribution in [2.75, 3.05) is 19.6 Å². The fraction of sp³-hybridized carbons (Fsp3) is 0.800. The number of hydrogen-bond donors (Lipinski definition) is 1. The number of hydrogen-bond acceptors (Lipinski definition) is 4. The lowest BCUT2D eigenvalue weighted by molar-refractivity contribution is -0.146. The van der Waals surface area contributed by atoms with E-state index in [2.05, 4.69) is 43.0 Å². The van der Waals surface area contributed by atoms with Crippen molar-refractivity contribution in [1.29, 1.82) is 0 Å². The molecule has 8 nitrogen and oxygen atoms in total. The molecular formula is C30H49N5O3. The maximum absolute atomic E-state index is 13.6. The molecule has 1 aromatic rings. The van der Waals surface area contributed by atoms with Crippen molar-refractivity contribution in [3.05, 3.63) is 17.0 Å². The van der Waals surface area contributed by atoms with E-state index in [1.54, 1.807) is 0 Å². The first kappa shape index (κ1) is 28.6. The van der Waals surface area contributed by atoms with Gasteiger partial charge in [-0.05, 0) is 81.6 Å². The molecule has 8 heteroatoms. The third-order valence-electron chi connectivity index (χ3n) is 9.36. The lowest BCUT2D eigenvalue weighted by Crippen LogP contribution is -2.60. The Balaban J connectivity index is 1.47. The van der Waals surface area contributed by atoms with Crippen LogP contribution in [0.3, 0.4) is 0 Å². The van der Waals surface area contributed by atoms with Crippen LogP contribution >= 0.6 is 0 Å². The van der Waals surface area contributed by atoms with Crippen molar-refractivity contribution in [3.8, 4) is 0 Å². The summed E-state index contributed by atoms with van der Waals surface area (Å²) in [5.41, 5.74) is 3.31. The molecule has 3 saturated heterocycles. The van der Waals surface area contributed by atoms with Crippen LogP contribution in [-0.4, -0.2) is 69.0 Å². The van der Waals surface area contributed by atoms with Crippen LogP contribution in [0.5, 0.6) is 0 Å². The molecule has 3 amide bonds. The first-order valence-corrected chi connectivity index (χ1v) is 15.0. The van der Waals surface area contributed by atoms with Crippen LogP contribution in [0, 0.1) is 37.5 Å². The summed E-state index contributed by atoms with van der Waals surface area (Å²) in [6.45, 7) is 15.0. The topological polar surface area (TPSA) is 87.5 Å². The minimum atomic E-state index is 0.0939. The van der Waals surface area contributed by atoms with Crippen molar-refractivity contribution >= 4 is 17.7 Å². The van der Waals surface area contributed by atoms with Crippen LogP contribution in [0.25, 0.3) is 0 Å². The van der Waals surface area contributed by atoms with Gasteiger partial charge in [-0.1, -0.05) is 27.7 Å². The zero-order chi connectivity index (χ0) is 27.6. The summed E-state index contributed by atoms with van der Waals surface area (Å²) < 4.78 is 1.86. The summed E-state index contributed by atoms with van der Waals surface area (Å²) in [5, 5.41) is 7.90. The molecule has 5 atom stereocenters. The van der Waals surface area contributed by atoms with E-state index in [1.165, 1.54) is 5.56 Å². The van der Waals surface area contributed by atoms with Crippen molar-refractivity contribution < 1.29 is 14.4 Å². The van der Waals surface area contributed by atoms with Gasteiger partial charge in [-0.15, -0.1) is 0 Å². The quantitative estimate of drug-likeness (QED) is 0.644. The molecule has 0 saturated carbocycles. The van der Waals surface area contributed by atoms with Gasteiger partial charge in [0.2, 0.25) is 17.7 Å². The number of nitrogens with one attached hydrogen (secondary N) is 1. The second kappa shape index (κ2) is 12.2. The molecule has 1 N–H and O–H groups in total. The van der Waals surface area contributed by atoms with Crippen LogP contribution in [-0.2, 0) is 27.3 Å². The molecular weight excluding hydrogens is 478 g/mol. The summed E-state index contributed by atoms with van der Waals surface area (Å²) in [4.78, 5) is 43.9. The molecule has 4 heterocycles. The molecule has 0 unspecified atom stereocenters. The molecule has 0 aliphatic carbocycles. The van der Waals surface area contributed by atoms with Crippen LogP contribution in [0.2, 0.25) is 0 Å². The van der Waals surface area contributed by atoms with Gasteiger partial charge >= 0.3 is 0 Å². The van der Waals surface area contributed by atoms with Crippen LogP contribution in [0.4, 0.5) is 0 Å². The van der Waals surface area contributed by atoms with E-state index in [9.17, 15) is 14.4 Å². The number of aromatic nitrogens is 2. The molecule has 0 spiro atoms. The monoisotopic (exact) mass is 527 g/mol. The average molecular weight is 528 g/mol. The number of rotatable bonds is 4. The van der Waals surface area contributed by atoms with Gasteiger partial charge in [0.15, 0.2) is 0 Å². The van der Waals surface area contributed by atoms with E-state index >= 15 is 0 Å². The molecule has 38 heavy (non-hydrogen) atoms. The standard InChI is InChI=1S/C30H49N5O3/c1-7-25-21(5)32-35(22(25)6)18-30(38)33-15-23-14-24(17-33)27-9-8-10-28(36)31-26(19(2)3)12-11-20(4)13-29(37)34(27)16-23/h19-20,23-24,26-27H,7-18H2,1-6H3,(H,31,36)/t20-,23+,24+,26+,27+/m1/s1. The molecule has 3 aliphatic rings. The fourth-order valence-electron chi connectivity index (χ4n) is 7.14. The predicted octanol–water partition coefficient (Wildman–Crippen LogP) is 3.87. The third kappa shape index (κ3) is 6.42. The summed E-state index contributed by atoms with van der Waals surface area (Å²) in [7, 11) is 0. The van der Waals surface area contributed by atoms with E-state index < -0.39 is 0 Å². The largest absolute Gasteiger partial charge is 0.353 e. The molecule has 1 aromatic heterocycles. The van der Waals surface area contributed by atoms with Crippen LogP contribution < -0.4 is 5.32 Å². The molecule has 4 rings (SSSR count). The average Bonchev–Trinajstić information content (AvgIpc) is 3.13. The van der Waals surface area contributed by atoms with E-state index in [1.807, 2.05) is 23.4 Å². The maximum Gasteiger partial charge on any atom is 0.244 e. The van der Waals surface area contributed by atoms with Crippen LogP contribution in [0.15, 0.2) is 0 Å². The number of aryl methyl sites for hydroxylation is 1. The van der Waals surface area contributed by atoms with Gasteiger partial charge in [-0.2, -0.15) is 5.10 Å². The smallest absolute Gasteiger partial charge is 0.244 e. The van der Waals surface area contributed by atoms with Crippen molar-refractivity contribution in [2.45, 2.75) is 112 Å². The minimum absolute atomic E-state index is 0.0939. The highest BCUT2D eigenvalue weighted by molar-refractivity contribution is 5.78. The zero-order valence-electron chi connectivity index (χ0n) is 24.5. The van der Waals surface area contributed by atoms with E-state index in [4.69, 9.17) is 0 Å². The van der Waals surface area contributed by atoms with E-state index in [0.717, 1.165) is 56.5 Å². The van der Waals surface area contributed by atoms with Gasteiger partial charge in [0.05, 0.1) is 5.69 Å². The normalized spacial score (nSPS) is 29.3. The highest BCUT2D eigenvalue weighted by Gasteiger charge is 2.43. The van der Waals surface area contributed by atoms with Crippen LogP contribution in [0.1, 0.15) is 89.6 Å². The number of fused-ring (bicyclic) bond motifs is 4. The zero-order valence-corrected chi connectivity index (χ0v) is 24.5. The van der Waals surface area contributed by atoms with Gasteiger partial charge in [0.25, 0.3) is 0 Å². The predicted molar refractivity (Wildman–Crippen MR) is 148 cm³/mol. The lowest BCUT2D eigenvalue weighted by Gasteiger charge is -2.51. The molecule has 3 fully saturated rings. The fourth-order valence-corrected chi connectivity index (χ4v) is 7.14. The van der Waals surface area contributed by atoms with Gasteiger partial charge < -0.3 is 15.1 Å². The Morgan fingerprint density at radius 2 is 1.87 bits per heavy atom. The summed E-state index contributed by atoms with van der Waals surface area (Å²) in [6.07, 6.45) is 6.46. The second-order valence-corrected chi connectivity index (χ2v) is 12.6. The number of piperidine rings is 2. The van der Waals surface area contributed by atoms with Gasteiger partial charge in [-0.25, -0.2) is 0 Å². The molecule has 2 bridgehead atoms. The van der Waals surface area contributed by atoms with Gasteiger partial charge in [0.1, 0.15) is 6.54 Å². The Morgan fingerprint density at radius 1 is 1.11 bits per heavy atom. The molecule has 0 radical (unpaired) electrons. The van der Waals surface area contributed by atoms with E-state index in [0.29, 0.717) is 37.8 Å². The highest BCUT2D eigenvalue weighted by Crippen LogP contribution is 2.36. The molecule has 3 aliphatic heterocycles. The lowest BCUT2D eigenvalue weighted by atomic mass is 9.77. The Morgan fingerprint density at radius 3 is 2.55 bits per heavy atom. The van der Waals surface area contributed by atoms with Crippen molar-refractivity contribution in [1.82, 2.24) is 24.9 Å². The molecule has 0 aromatic carbocycles. The number of carbonyl (C=O) groups excluding carboxylic acids is 3. The minimum Gasteiger partial charge on any atom is -0.353 e. The maximum atomic E-state index is 13.6. The number of carbonyl (C=O) groups is 3. The van der Waals surface area contributed by atoms with Gasteiger partial charge in [0, 0.05) is 50.3 Å². The highest BCUT2D eigenvalue weighted by atomic mass is 16.2. The molecule has 212 valence electrons. The Bertz CT molecular complexity index is 1020. The summed E-state index contributed by atoms with van der Waals surface area (Å²) in [5.74, 6) is 1.73. The first-order chi connectivity index (χ1) is 18.1. The van der Waals surface area contributed by atoms with Gasteiger partial charge in [-0.3, -0.25) is 19.1 Å². The number of nitrogens with zero attached hydrogens (tertiary/aromatic N) is 4.